The Morgan fingerprint density at radius 3 is 2.33 bits per heavy atom. The quantitative estimate of drug-likeness (QED) is 0.232. The van der Waals surface area contributed by atoms with E-state index in [1.165, 1.54) is 18.2 Å². The molecule has 0 unspecified atom stereocenters. The summed E-state index contributed by atoms with van der Waals surface area (Å²) >= 11 is 0. The van der Waals surface area contributed by atoms with Crippen molar-refractivity contribution >= 4 is 22.6 Å². The van der Waals surface area contributed by atoms with Crippen LogP contribution in [0.4, 0.5) is 32.0 Å². The normalized spacial score (nSPS) is 12.0. The molecule has 0 atom stereocenters. The fraction of sp³-hybridized carbons (Fsp3) is 0.214. The number of amides is 1. The van der Waals surface area contributed by atoms with Crippen LogP contribution in [0.5, 0.6) is 17.2 Å². The number of halogens is 6. The average molecular weight is 565 g/mol. The predicted octanol–water partition coefficient (Wildman–Crippen LogP) is 7.76. The summed E-state index contributed by atoms with van der Waals surface area (Å²) in [5, 5.41) is 2.01. The number of benzene rings is 3. The van der Waals surface area contributed by atoms with Gasteiger partial charge in [0.15, 0.2) is 6.61 Å². The summed E-state index contributed by atoms with van der Waals surface area (Å²) < 4.78 is 96.2. The second-order valence-corrected chi connectivity index (χ2v) is 8.96. The predicted molar refractivity (Wildman–Crippen MR) is 134 cm³/mol. The Bertz CT molecular complexity index is 1610. The van der Waals surface area contributed by atoms with E-state index in [9.17, 15) is 35.9 Å². The van der Waals surface area contributed by atoms with E-state index in [0.717, 1.165) is 30.3 Å². The van der Waals surface area contributed by atoms with Gasteiger partial charge < -0.3 is 19.2 Å². The largest absolute Gasteiger partial charge is 0.484 e. The van der Waals surface area contributed by atoms with Crippen molar-refractivity contribution in [1.29, 1.82) is 0 Å². The van der Waals surface area contributed by atoms with E-state index in [2.05, 4.69) is 5.32 Å². The first-order valence-corrected chi connectivity index (χ1v) is 11.8. The highest BCUT2D eigenvalue weighted by Crippen LogP contribution is 2.40. The smallest absolute Gasteiger partial charge is 0.453 e. The number of carbonyl (C=O) groups is 1. The summed E-state index contributed by atoms with van der Waals surface area (Å²) in [7, 11) is 0. The van der Waals surface area contributed by atoms with Gasteiger partial charge in [-0.05, 0) is 47.9 Å². The highest BCUT2D eigenvalue weighted by molar-refractivity contribution is 5.92. The zero-order valence-corrected chi connectivity index (χ0v) is 20.9. The van der Waals surface area contributed by atoms with Gasteiger partial charge in [0.2, 0.25) is 11.2 Å². The lowest BCUT2D eigenvalue weighted by molar-refractivity contribution is -0.154. The molecule has 210 valence electrons. The van der Waals surface area contributed by atoms with Crippen molar-refractivity contribution in [3.63, 3.8) is 0 Å². The number of anilines is 1. The van der Waals surface area contributed by atoms with Gasteiger partial charge in [0.1, 0.15) is 17.1 Å². The number of hydrogen-bond acceptors (Lipinski definition) is 5. The lowest BCUT2D eigenvalue weighted by Gasteiger charge is -2.16. The maximum absolute atomic E-state index is 13.9. The van der Waals surface area contributed by atoms with Crippen LogP contribution >= 0.6 is 0 Å². The van der Waals surface area contributed by atoms with E-state index in [0.29, 0.717) is 5.56 Å². The minimum Gasteiger partial charge on any atom is -0.484 e. The van der Waals surface area contributed by atoms with Crippen LogP contribution in [-0.4, -0.2) is 12.5 Å². The fourth-order valence-electron chi connectivity index (χ4n) is 3.81. The molecule has 1 aromatic heterocycles. The molecule has 0 bridgehead atoms. The highest BCUT2D eigenvalue weighted by atomic mass is 19.4. The summed E-state index contributed by atoms with van der Waals surface area (Å²) in [4.78, 5) is 25.3. The Morgan fingerprint density at radius 1 is 0.925 bits per heavy atom. The third kappa shape index (κ3) is 6.38. The molecule has 4 rings (SSSR count). The van der Waals surface area contributed by atoms with Crippen LogP contribution in [0.25, 0.3) is 11.0 Å². The summed E-state index contributed by atoms with van der Waals surface area (Å²) in [5.74, 6) is -3.67. The van der Waals surface area contributed by atoms with Crippen molar-refractivity contribution in [3.05, 3.63) is 93.8 Å². The molecule has 1 amide bonds. The number of ether oxygens (including phenoxy) is 2. The summed E-state index contributed by atoms with van der Waals surface area (Å²) in [5.41, 5.74) is -2.05. The Balaban J connectivity index is 1.59. The van der Waals surface area contributed by atoms with Crippen LogP contribution in [0.2, 0.25) is 0 Å². The molecule has 4 aromatic rings. The Kier molecular flexibility index (Phi) is 7.81. The van der Waals surface area contributed by atoms with Crippen LogP contribution in [0, 0.1) is 0 Å². The molecular weight excluding hydrogens is 544 g/mol. The molecule has 6 nitrogen and oxygen atoms in total. The summed E-state index contributed by atoms with van der Waals surface area (Å²) in [6.07, 6.45) is -9.69. The first kappa shape index (κ1) is 28.5. The van der Waals surface area contributed by atoms with Gasteiger partial charge in [0.05, 0.1) is 10.9 Å². The van der Waals surface area contributed by atoms with Gasteiger partial charge in [-0.3, -0.25) is 9.59 Å². The molecule has 0 aliphatic heterocycles. The van der Waals surface area contributed by atoms with Gasteiger partial charge in [-0.2, -0.15) is 26.3 Å². The molecule has 0 saturated carbocycles. The van der Waals surface area contributed by atoms with Crippen LogP contribution in [-0.2, 0) is 17.1 Å². The van der Waals surface area contributed by atoms with E-state index in [1.54, 1.807) is 18.2 Å². The van der Waals surface area contributed by atoms with E-state index in [-0.39, 0.29) is 28.5 Å². The topological polar surface area (TPSA) is 77.8 Å². The Hall–Kier alpha value is -4.48. The monoisotopic (exact) mass is 565 g/mol. The van der Waals surface area contributed by atoms with Crippen LogP contribution < -0.4 is 20.2 Å². The van der Waals surface area contributed by atoms with Gasteiger partial charge in [-0.15, -0.1) is 0 Å². The molecular formula is C28H21F6NO5. The van der Waals surface area contributed by atoms with Crippen molar-refractivity contribution in [1.82, 2.24) is 0 Å². The van der Waals surface area contributed by atoms with E-state index >= 15 is 0 Å². The number of fused-ring (bicyclic) bond motifs is 1. The molecule has 0 saturated heterocycles. The molecule has 12 heteroatoms. The molecule has 1 N–H and O–H groups in total. The zero-order valence-electron chi connectivity index (χ0n) is 20.9. The average Bonchev–Trinajstić information content (AvgIpc) is 2.88. The SMILES string of the molecule is CC(C)c1ccccc1Oc1c(C(F)(F)F)oc2cc(OCC(=O)Nc3cccc(C(F)(F)F)c3)ccc2c1=O. The van der Waals surface area contributed by atoms with Gasteiger partial charge in [-0.25, -0.2) is 0 Å². The molecule has 1 heterocycles. The number of hydrogen-bond donors (Lipinski definition) is 1. The number of para-hydroxylation sites is 1. The maximum Gasteiger partial charge on any atom is 0.453 e. The number of carbonyl (C=O) groups excluding carboxylic acids is 1. The lowest BCUT2D eigenvalue weighted by Crippen LogP contribution is -2.20. The highest BCUT2D eigenvalue weighted by Gasteiger charge is 2.41. The minimum absolute atomic E-state index is 0.0707. The van der Waals surface area contributed by atoms with Crippen LogP contribution in [0.15, 0.2) is 75.9 Å². The van der Waals surface area contributed by atoms with Crippen molar-refractivity contribution in [2.75, 3.05) is 11.9 Å². The van der Waals surface area contributed by atoms with Gasteiger partial charge >= 0.3 is 12.4 Å². The van der Waals surface area contributed by atoms with Crippen molar-refractivity contribution in [2.45, 2.75) is 32.1 Å². The number of alkyl halides is 6. The second kappa shape index (κ2) is 10.9. The molecule has 0 aliphatic rings. The summed E-state index contributed by atoms with van der Waals surface area (Å²) in [6, 6.07) is 13.7. The van der Waals surface area contributed by atoms with E-state index in [1.807, 2.05) is 13.8 Å². The van der Waals surface area contributed by atoms with Crippen molar-refractivity contribution in [2.24, 2.45) is 0 Å². The first-order valence-electron chi connectivity index (χ1n) is 11.8. The fourth-order valence-corrected chi connectivity index (χ4v) is 3.81. The van der Waals surface area contributed by atoms with Gasteiger partial charge in [-0.1, -0.05) is 38.1 Å². The van der Waals surface area contributed by atoms with Crippen LogP contribution in [0.1, 0.15) is 36.7 Å². The standard InChI is InChI=1S/C28H21F6NO5/c1-15(2)19-8-3-4-9-21(19)39-25-24(37)20-11-10-18(13-22(20)40-26(25)28(32,33)34)38-14-23(36)35-17-7-5-6-16(12-17)27(29,30)31/h3-13,15H,14H2,1-2H3,(H,35,36). The third-order valence-electron chi connectivity index (χ3n) is 5.68. The van der Waals surface area contributed by atoms with E-state index in [4.69, 9.17) is 13.9 Å². The van der Waals surface area contributed by atoms with E-state index < -0.39 is 53.0 Å². The second-order valence-electron chi connectivity index (χ2n) is 8.96. The number of rotatable bonds is 7. The summed E-state index contributed by atoms with van der Waals surface area (Å²) in [6.45, 7) is 2.94. The molecule has 3 aromatic carbocycles. The zero-order chi connectivity index (χ0) is 29.2. The molecule has 0 fully saturated rings. The van der Waals surface area contributed by atoms with Crippen molar-refractivity contribution < 1.29 is 45.0 Å². The molecule has 0 aliphatic carbocycles. The Labute approximate surface area is 223 Å². The minimum atomic E-state index is -5.09. The van der Waals surface area contributed by atoms with Crippen LogP contribution in [0.3, 0.4) is 0 Å². The third-order valence-corrected chi connectivity index (χ3v) is 5.68. The maximum atomic E-state index is 13.9. The lowest BCUT2D eigenvalue weighted by atomic mass is 10.0. The first-order chi connectivity index (χ1) is 18.7. The molecule has 40 heavy (non-hydrogen) atoms. The molecule has 0 spiro atoms. The Morgan fingerprint density at radius 2 is 1.65 bits per heavy atom. The van der Waals surface area contributed by atoms with Gasteiger partial charge in [0, 0.05) is 11.8 Å². The number of nitrogens with one attached hydrogen (secondary N) is 1. The van der Waals surface area contributed by atoms with Gasteiger partial charge in [0.25, 0.3) is 11.7 Å². The van der Waals surface area contributed by atoms with Crippen molar-refractivity contribution in [3.8, 4) is 17.2 Å². The molecule has 0 radical (unpaired) electrons.